The fraction of sp³-hybridized carbons (Fsp3) is 0.286. The van der Waals surface area contributed by atoms with Gasteiger partial charge in [0.15, 0.2) is 0 Å². The van der Waals surface area contributed by atoms with Gasteiger partial charge in [-0.15, -0.1) is 0 Å². The number of hydrazone groups is 1. The average Bonchev–Trinajstić information content (AvgIpc) is 2.80. The van der Waals surface area contributed by atoms with Crippen LogP contribution in [0.2, 0.25) is 0 Å². The summed E-state index contributed by atoms with van der Waals surface area (Å²) in [7, 11) is -4.38. The lowest BCUT2D eigenvalue weighted by Crippen LogP contribution is -2.40. The maximum absolute atomic E-state index is 12.2. The number of nitrogens with one attached hydrogen (secondary N) is 4. The predicted octanol–water partition coefficient (Wildman–Crippen LogP) is 1.23. The highest BCUT2D eigenvalue weighted by molar-refractivity contribution is 7.86. The first-order valence-corrected chi connectivity index (χ1v) is 11.8. The quantitative estimate of drug-likeness (QED) is 0.135. The Morgan fingerprint density at radius 1 is 1.06 bits per heavy atom. The van der Waals surface area contributed by atoms with E-state index in [1.54, 1.807) is 12.1 Å². The van der Waals surface area contributed by atoms with Crippen molar-refractivity contribution in [2.45, 2.75) is 37.5 Å². The lowest BCUT2D eigenvalue weighted by Gasteiger charge is -2.07. The van der Waals surface area contributed by atoms with Crippen molar-refractivity contribution >= 4 is 39.9 Å². The minimum absolute atomic E-state index is 0.196. The van der Waals surface area contributed by atoms with Crippen LogP contribution >= 0.6 is 0 Å². The number of aromatic nitrogens is 1. The first kappa shape index (κ1) is 26.4. The second kappa shape index (κ2) is 13.0. The molecule has 1 heterocycles. The van der Waals surface area contributed by atoms with Gasteiger partial charge in [0.2, 0.25) is 11.8 Å². The molecule has 2 aromatic rings. The van der Waals surface area contributed by atoms with Gasteiger partial charge in [0.05, 0.1) is 11.8 Å². The molecule has 12 nitrogen and oxygen atoms in total. The number of nitrogens with zero attached hydrogens (tertiary/aromatic N) is 2. The van der Waals surface area contributed by atoms with Crippen LogP contribution in [0, 0.1) is 0 Å². The van der Waals surface area contributed by atoms with Gasteiger partial charge in [0.1, 0.15) is 10.7 Å². The number of hydrogen-bond donors (Lipinski definition) is 5. The number of carbonyl (C=O) groups is 3. The first-order chi connectivity index (χ1) is 16.2. The second-order valence-electron chi connectivity index (χ2n) is 7.11. The maximum atomic E-state index is 12.2. The minimum Gasteiger partial charge on any atom is -0.352 e. The van der Waals surface area contributed by atoms with E-state index < -0.39 is 10.1 Å². The van der Waals surface area contributed by atoms with E-state index >= 15 is 0 Å². The third-order valence-corrected chi connectivity index (χ3v) is 5.28. The average molecular weight is 491 g/mol. The van der Waals surface area contributed by atoms with E-state index in [0.29, 0.717) is 30.8 Å². The molecular formula is C21H26N6O6S. The number of benzene rings is 1. The van der Waals surface area contributed by atoms with Crippen molar-refractivity contribution in [3.8, 4) is 0 Å². The summed E-state index contributed by atoms with van der Waals surface area (Å²) in [4.78, 5) is 38.1. The molecule has 0 aliphatic rings. The lowest BCUT2D eigenvalue weighted by molar-refractivity contribution is -0.127. The van der Waals surface area contributed by atoms with Crippen molar-refractivity contribution in [3.05, 3.63) is 53.7 Å². The number of unbranched alkanes of at least 4 members (excludes halogenated alkanes) is 2. The molecule has 0 aliphatic heterocycles. The third-order valence-electron chi connectivity index (χ3n) is 4.35. The molecule has 0 fully saturated rings. The SMILES string of the molecule is CC(=O)NNC(=O)CCCCCNC(=O)c1ccc(NN=Cc2ccccc2S(=O)(=O)O)nc1. The van der Waals surface area contributed by atoms with Gasteiger partial charge in [0, 0.05) is 31.6 Å². The molecule has 0 bridgehead atoms. The van der Waals surface area contributed by atoms with Crippen LogP contribution < -0.4 is 21.6 Å². The van der Waals surface area contributed by atoms with Gasteiger partial charge in [-0.1, -0.05) is 24.6 Å². The molecule has 34 heavy (non-hydrogen) atoms. The summed E-state index contributed by atoms with van der Waals surface area (Å²) in [6.07, 6.45) is 4.91. The second-order valence-corrected chi connectivity index (χ2v) is 8.50. The molecule has 0 saturated carbocycles. The van der Waals surface area contributed by atoms with Crippen molar-refractivity contribution in [3.63, 3.8) is 0 Å². The van der Waals surface area contributed by atoms with Gasteiger partial charge in [-0.25, -0.2) is 4.98 Å². The summed E-state index contributed by atoms with van der Waals surface area (Å²) in [6.45, 7) is 1.73. The lowest BCUT2D eigenvalue weighted by atomic mass is 10.2. The fourth-order valence-corrected chi connectivity index (χ4v) is 3.37. The van der Waals surface area contributed by atoms with Crippen LogP contribution in [-0.2, 0) is 19.7 Å². The Hall–Kier alpha value is -3.84. The number of hydrogen-bond acceptors (Lipinski definition) is 8. The molecular weight excluding hydrogens is 464 g/mol. The summed E-state index contributed by atoms with van der Waals surface area (Å²) >= 11 is 0. The topological polar surface area (TPSA) is 179 Å². The van der Waals surface area contributed by atoms with E-state index in [2.05, 4.69) is 31.7 Å². The highest BCUT2D eigenvalue weighted by atomic mass is 32.2. The Balaban J connectivity index is 1.73. The Morgan fingerprint density at radius 3 is 2.50 bits per heavy atom. The fourth-order valence-electron chi connectivity index (χ4n) is 2.70. The standard InChI is InChI=1S/C21H26N6O6S/c1-15(28)25-27-20(29)9-3-2-6-12-22-21(30)17-10-11-19(23-13-17)26-24-14-16-7-4-5-8-18(16)34(31,32)33/h4-5,7-8,10-11,13-14H,2-3,6,9,12H2,1H3,(H,22,30)(H,23,26)(H,25,28)(H,27,29)(H,31,32,33). The molecule has 2 rings (SSSR count). The first-order valence-electron chi connectivity index (χ1n) is 10.3. The van der Waals surface area contributed by atoms with E-state index in [1.165, 1.54) is 43.6 Å². The molecule has 5 N–H and O–H groups in total. The Kier molecular flexibility index (Phi) is 10.1. The minimum atomic E-state index is -4.38. The van der Waals surface area contributed by atoms with Crippen LogP contribution in [0.5, 0.6) is 0 Å². The summed E-state index contributed by atoms with van der Waals surface area (Å²) in [5, 5.41) is 6.67. The molecule has 1 aromatic heterocycles. The normalized spacial score (nSPS) is 11.1. The number of hydrazine groups is 1. The smallest absolute Gasteiger partial charge is 0.295 e. The van der Waals surface area contributed by atoms with Crippen LogP contribution in [0.4, 0.5) is 5.82 Å². The van der Waals surface area contributed by atoms with Crippen molar-refractivity contribution < 1.29 is 27.4 Å². The van der Waals surface area contributed by atoms with Crippen molar-refractivity contribution in [1.29, 1.82) is 0 Å². The van der Waals surface area contributed by atoms with Gasteiger partial charge in [-0.3, -0.25) is 35.2 Å². The van der Waals surface area contributed by atoms with Crippen molar-refractivity contribution in [1.82, 2.24) is 21.2 Å². The van der Waals surface area contributed by atoms with Crippen molar-refractivity contribution in [2.24, 2.45) is 5.10 Å². The zero-order chi connectivity index (χ0) is 25.0. The van der Waals surface area contributed by atoms with Crippen LogP contribution in [0.25, 0.3) is 0 Å². The van der Waals surface area contributed by atoms with E-state index in [1.807, 2.05) is 0 Å². The molecule has 3 amide bonds. The van der Waals surface area contributed by atoms with E-state index in [0.717, 1.165) is 6.42 Å². The van der Waals surface area contributed by atoms with E-state index in [4.69, 9.17) is 0 Å². The zero-order valence-electron chi connectivity index (χ0n) is 18.4. The third kappa shape index (κ3) is 9.34. The Bertz CT molecular complexity index is 1130. The monoisotopic (exact) mass is 490 g/mol. The number of carbonyl (C=O) groups excluding carboxylic acids is 3. The van der Waals surface area contributed by atoms with Crippen LogP contribution in [-0.4, -0.2) is 48.4 Å². The Labute approximate surface area is 197 Å². The summed E-state index contributed by atoms with van der Waals surface area (Å²) in [6, 6.07) is 8.91. The van der Waals surface area contributed by atoms with Crippen LogP contribution in [0.1, 0.15) is 48.5 Å². The number of anilines is 1. The molecule has 0 spiro atoms. The summed E-state index contributed by atoms with van der Waals surface area (Å²) < 4.78 is 32.0. The summed E-state index contributed by atoms with van der Waals surface area (Å²) in [5.41, 5.74) is 7.67. The van der Waals surface area contributed by atoms with Gasteiger partial charge in [0.25, 0.3) is 16.0 Å². The van der Waals surface area contributed by atoms with Gasteiger partial charge in [-0.05, 0) is 31.0 Å². The molecule has 13 heteroatoms. The number of pyridine rings is 1. The number of amides is 3. The zero-order valence-corrected chi connectivity index (χ0v) is 19.3. The van der Waals surface area contributed by atoms with Crippen LogP contribution in [0.3, 0.4) is 0 Å². The van der Waals surface area contributed by atoms with E-state index in [9.17, 15) is 27.4 Å². The molecule has 0 radical (unpaired) electrons. The molecule has 0 atom stereocenters. The molecule has 1 aromatic carbocycles. The number of rotatable bonds is 11. The maximum Gasteiger partial charge on any atom is 0.295 e. The van der Waals surface area contributed by atoms with Gasteiger partial charge >= 0.3 is 0 Å². The van der Waals surface area contributed by atoms with Gasteiger partial charge in [-0.2, -0.15) is 13.5 Å². The molecule has 182 valence electrons. The molecule has 0 saturated heterocycles. The largest absolute Gasteiger partial charge is 0.352 e. The highest BCUT2D eigenvalue weighted by Crippen LogP contribution is 2.13. The van der Waals surface area contributed by atoms with Crippen molar-refractivity contribution in [2.75, 3.05) is 12.0 Å². The predicted molar refractivity (Wildman–Crippen MR) is 124 cm³/mol. The van der Waals surface area contributed by atoms with Gasteiger partial charge < -0.3 is 5.32 Å². The highest BCUT2D eigenvalue weighted by Gasteiger charge is 2.13. The summed E-state index contributed by atoms with van der Waals surface area (Å²) in [5.74, 6) is -0.586. The molecule has 0 aliphatic carbocycles. The van der Waals surface area contributed by atoms with E-state index in [-0.39, 0.29) is 34.6 Å². The molecule has 0 unspecified atom stereocenters. The Morgan fingerprint density at radius 2 is 1.82 bits per heavy atom. The van der Waals surface area contributed by atoms with Crippen LogP contribution in [0.15, 0.2) is 52.6 Å².